The van der Waals surface area contributed by atoms with Crippen molar-refractivity contribution < 1.29 is 16.8 Å². The second-order valence-corrected chi connectivity index (χ2v) is 8.48. The number of rotatable bonds is 6. The maximum Gasteiger partial charge on any atom is 0.226 e. The molecule has 1 atom stereocenters. The van der Waals surface area contributed by atoms with Gasteiger partial charge in [-0.2, -0.15) is 0 Å². The van der Waals surface area contributed by atoms with Crippen LogP contribution >= 0.6 is 12.2 Å². The van der Waals surface area contributed by atoms with E-state index in [9.17, 15) is 16.8 Å². The van der Waals surface area contributed by atoms with E-state index < -0.39 is 30.5 Å². The van der Waals surface area contributed by atoms with E-state index in [2.05, 4.69) is 4.72 Å². The molecule has 0 aromatic rings. The molecule has 0 aliphatic heterocycles. The molecule has 0 aromatic carbocycles. The van der Waals surface area contributed by atoms with E-state index in [4.69, 9.17) is 18.0 Å². The number of hydrogen-bond donors (Lipinski definition) is 2. The zero-order valence-electron chi connectivity index (χ0n) is 9.35. The third-order valence-corrected chi connectivity index (χ3v) is 6.17. The first-order valence-corrected chi connectivity index (χ1v) is 8.53. The molecule has 0 radical (unpaired) electrons. The van der Waals surface area contributed by atoms with Gasteiger partial charge in [0.05, 0.1) is 10.5 Å². The first kappa shape index (κ1) is 15.8. The zero-order valence-corrected chi connectivity index (χ0v) is 11.8. The molecule has 0 aliphatic carbocycles. The second kappa shape index (κ2) is 4.94. The van der Waals surface area contributed by atoms with Crippen molar-refractivity contribution in [2.45, 2.75) is 25.8 Å². The van der Waals surface area contributed by atoms with Crippen LogP contribution in [0.2, 0.25) is 0 Å². The van der Waals surface area contributed by atoms with Gasteiger partial charge in [-0.25, -0.2) is 21.6 Å². The average molecular weight is 288 g/mol. The van der Waals surface area contributed by atoms with Gasteiger partial charge in [0.25, 0.3) is 0 Å². The molecule has 0 amide bonds. The molecule has 0 spiro atoms. The molecule has 0 fully saturated rings. The van der Waals surface area contributed by atoms with Crippen LogP contribution in [0, 0.1) is 0 Å². The molecule has 0 aromatic heterocycles. The number of sulfonamides is 1. The van der Waals surface area contributed by atoms with E-state index in [0.29, 0.717) is 6.42 Å². The van der Waals surface area contributed by atoms with Crippen LogP contribution in [0.4, 0.5) is 0 Å². The quantitative estimate of drug-likeness (QED) is 0.630. The predicted molar refractivity (Wildman–Crippen MR) is 67.2 cm³/mol. The molecule has 0 saturated carbocycles. The minimum atomic E-state index is -3.96. The van der Waals surface area contributed by atoms with Crippen LogP contribution in [0.3, 0.4) is 0 Å². The smallest absolute Gasteiger partial charge is 0.226 e. The highest BCUT2D eigenvalue weighted by Gasteiger charge is 2.32. The molecule has 1 unspecified atom stereocenters. The Bertz CT molecular complexity index is 468. The van der Waals surface area contributed by atoms with Gasteiger partial charge in [-0.3, -0.25) is 0 Å². The SMILES string of the molecule is CCC(C)(NS(=O)(=O)CS(C)(=O)=O)C(N)=S. The fourth-order valence-electron chi connectivity index (χ4n) is 0.951. The van der Waals surface area contributed by atoms with Crippen LogP contribution in [0.15, 0.2) is 0 Å². The van der Waals surface area contributed by atoms with E-state index in [1.165, 1.54) is 6.92 Å². The Morgan fingerprint density at radius 1 is 1.38 bits per heavy atom. The van der Waals surface area contributed by atoms with Gasteiger partial charge in [0.1, 0.15) is 0 Å². The Morgan fingerprint density at radius 2 is 1.81 bits per heavy atom. The molecular weight excluding hydrogens is 272 g/mol. The molecule has 3 N–H and O–H groups in total. The lowest BCUT2D eigenvalue weighted by atomic mass is 10.0. The Labute approximate surface area is 102 Å². The number of nitrogens with one attached hydrogen (secondary N) is 1. The van der Waals surface area contributed by atoms with Crippen LogP contribution < -0.4 is 10.5 Å². The van der Waals surface area contributed by atoms with E-state index in [-0.39, 0.29) is 4.99 Å². The molecule has 0 aliphatic rings. The van der Waals surface area contributed by atoms with Crippen molar-refractivity contribution in [1.82, 2.24) is 4.72 Å². The van der Waals surface area contributed by atoms with Gasteiger partial charge < -0.3 is 5.73 Å². The van der Waals surface area contributed by atoms with Crippen molar-refractivity contribution in [3.63, 3.8) is 0 Å². The molecule has 16 heavy (non-hydrogen) atoms. The van der Waals surface area contributed by atoms with E-state index >= 15 is 0 Å². The molecule has 96 valence electrons. The summed E-state index contributed by atoms with van der Waals surface area (Å²) in [6.45, 7) is 3.21. The lowest BCUT2D eigenvalue weighted by molar-refractivity contribution is 0.513. The topological polar surface area (TPSA) is 106 Å². The van der Waals surface area contributed by atoms with Gasteiger partial charge in [-0.1, -0.05) is 19.1 Å². The third-order valence-electron chi connectivity index (χ3n) is 2.00. The molecule has 0 heterocycles. The van der Waals surface area contributed by atoms with Gasteiger partial charge in [-0.05, 0) is 13.3 Å². The third kappa shape index (κ3) is 5.19. The molecule has 0 saturated heterocycles. The summed E-state index contributed by atoms with van der Waals surface area (Å²) in [5.41, 5.74) is 4.31. The predicted octanol–water partition coefficient (Wildman–Crippen LogP) is -0.637. The molecule has 9 heteroatoms. The van der Waals surface area contributed by atoms with Gasteiger partial charge >= 0.3 is 0 Å². The summed E-state index contributed by atoms with van der Waals surface area (Å²) in [5, 5.41) is -0.974. The van der Waals surface area contributed by atoms with Gasteiger partial charge in [0, 0.05) is 6.26 Å². The van der Waals surface area contributed by atoms with E-state index in [1.807, 2.05) is 0 Å². The van der Waals surface area contributed by atoms with Crippen molar-refractivity contribution in [3.05, 3.63) is 0 Å². The van der Waals surface area contributed by atoms with Crippen molar-refractivity contribution >= 4 is 37.1 Å². The maximum absolute atomic E-state index is 11.5. The van der Waals surface area contributed by atoms with E-state index in [1.54, 1.807) is 6.92 Å². The lowest BCUT2D eigenvalue weighted by Gasteiger charge is -2.27. The summed E-state index contributed by atoms with van der Waals surface area (Å²) in [7, 11) is -7.58. The highest BCUT2D eigenvalue weighted by atomic mass is 32.3. The van der Waals surface area contributed by atoms with Crippen molar-refractivity contribution in [3.8, 4) is 0 Å². The highest BCUT2D eigenvalue weighted by Crippen LogP contribution is 2.12. The summed E-state index contributed by atoms with van der Waals surface area (Å²) in [6.07, 6.45) is 1.18. The average Bonchev–Trinajstić information content (AvgIpc) is 1.97. The van der Waals surface area contributed by atoms with Crippen molar-refractivity contribution in [2.24, 2.45) is 5.73 Å². The standard InChI is InChI=1S/C7H16N2O4S3/c1-4-7(2,6(8)14)9-16(12,13)5-15(3,10)11/h9H,4-5H2,1-3H3,(H2,8,14). The zero-order chi connectivity index (χ0) is 13.2. The summed E-state index contributed by atoms with van der Waals surface area (Å²) >= 11 is 4.74. The normalized spacial score (nSPS) is 16.7. The van der Waals surface area contributed by atoms with Gasteiger partial charge in [-0.15, -0.1) is 0 Å². The molecule has 6 nitrogen and oxygen atoms in total. The minimum Gasteiger partial charge on any atom is -0.392 e. The molecular formula is C7H16N2O4S3. The minimum absolute atomic E-state index is 0.0212. The highest BCUT2D eigenvalue weighted by molar-refractivity contribution is 8.06. The summed E-state index contributed by atoms with van der Waals surface area (Å²) < 4.78 is 47.1. The second-order valence-electron chi connectivity index (χ2n) is 3.81. The largest absolute Gasteiger partial charge is 0.392 e. The monoisotopic (exact) mass is 288 g/mol. The molecule has 0 bridgehead atoms. The van der Waals surface area contributed by atoms with E-state index in [0.717, 1.165) is 6.26 Å². The summed E-state index contributed by atoms with van der Waals surface area (Å²) in [5.74, 6) is 0. The van der Waals surface area contributed by atoms with Gasteiger partial charge in [0.2, 0.25) is 10.0 Å². The number of hydrogen-bond acceptors (Lipinski definition) is 5. The van der Waals surface area contributed by atoms with Crippen molar-refractivity contribution in [2.75, 3.05) is 11.3 Å². The fraction of sp³-hybridized carbons (Fsp3) is 0.857. The molecule has 0 rings (SSSR count). The van der Waals surface area contributed by atoms with Crippen molar-refractivity contribution in [1.29, 1.82) is 0 Å². The lowest BCUT2D eigenvalue weighted by Crippen LogP contribution is -2.54. The number of nitrogens with two attached hydrogens (primary N) is 1. The van der Waals surface area contributed by atoms with Gasteiger partial charge in [0.15, 0.2) is 14.9 Å². The van der Waals surface area contributed by atoms with Crippen LogP contribution in [0.1, 0.15) is 20.3 Å². The first-order valence-electron chi connectivity index (χ1n) is 4.41. The maximum atomic E-state index is 11.5. The first-order chi connectivity index (χ1) is 6.92. The Hall–Kier alpha value is -0.250. The fourth-order valence-corrected chi connectivity index (χ4v) is 4.64. The Morgan fingerprint density at radius 3 is 2.06 bits per heavy atom. The van der Waals surface area contributed by atoms with Crippen LogP contribution in [-0.2, 0) is 19.9 Å². The number of thiocarbonyl (C=S) groups is 1. The van der Waals surface area contributed by atoms with Crippen LogP contribution in [0.5, 0.6) is 0 Å². The number of sulfone groups is 1. The van der Waals surface area contributed by atoms with Crippen LogP contribution in [-0.4, -0.2) is 38.7 Å². The summed E-state index contributed by atoms with van der Waals surface area (Å²) in [6, 6.07) is 0. The Balaban J connectivity index is 5.05. The van der Waals surface area contributed by atoms with Crippen LogP contribution in [0.25, 0.3) is 0 Å². The summed E-state index contributed by atoms with van der Waals surface area (Å²) in [4.78, 5) is -0.0212. The Kier molecular flexibility index (Phi) is 4.87.